The molecule has 1 aliphatic rings. The largest absolute Gasteiger partial charge is 0.416 e. The van der Waals surface area contributed by atoms with Crippen LogP contribution in [-0.2, 0) is 19.6 Å². The van der Waals surface area contributed by atoms with E-state index in [1.165, 1.54) is 18.6 Å². The molecule has 2 aromatic carbocycles. The monoisotopic (exact) mass is 478 g/mol. The molecule has 0 atom stereocenters. The molecule has 8 heteroatoms. The number of carbonyl (C=O) groups is 1. The molecule has 0 radical (unpaired) electrons. The third kappa shape index (κ3) is 4.78. The van der Waals surface area contributed by atoms with Crippen LogP contribution in [0.5, 0.6) is 0 Å². The Labute approximate surface area is 201 Å². The summed E-state index contributed by atoms with van der Waals surface area (Å²) in [5.74, 6) is 1.10. The highest BCUT2D eigenvalue weighted by Crippen LogP contribution is 2.31. The van der Waals surface area contributed by atoms with Crippen molar-refractivity contribution in [1.82, 2.24) is 14.5 Å². The average molecular weight is 479 g/mol. The van der Waals surface area contributed by atoms with Gasteiger partial charge in [-0.1, -0.05) is 30.3 Å². The summed E-state index contributed by atoms with van der Waals surface area (Å²) in [5, 5.41) is 0. The number of hydrogen-bond donors (Lipinski definition) is 0. The van der Waals surface area contributed by atoms with Gasteiger partial charge in [0, 0.05) is 43.9 Å². The highest BCUT2D eigenvalue weighted by molar-refractivity contribution is 5.98. The molecule has 180 valence electrons. The molecule has 1 aliphatic heterocycles. The summed E-state index contributed by atoms with van der Waals surface area (Å²) in [6, 6.07) is 13.9. The molecule has 0 aliphatic carbocycles. The molecular weight excluding hydrogens is 453 g/mol. The molecule has 0 saturated carbocycles. The minimum Gasteiger partial charge on any atom is -0.355 e. The first kappa shape index (κ1) is 23.1. The van der Waals surface area contributed by atoms with Crippen molar-refractivity contribution in [2.24, 2.45) is 7.05 Å². The van der Waals surface area contributed by atoms with Crippen molar-refractivity contribution >= 4 is 22.6 Å². The van der Waals surface area contributed by atoms with Gasteiger partial charge in [-0.3, -0.25) is 4.79 Å². The number of hydrogen-bond acceptors (Lipinski definition) is 4. The molecule has 1 fully saturated rings. The number of benzene rings is 2. The topological polar surface area (TPSA) is 51.0 Å². The number of piperidine rings is 1. The van der Waals surface area contributed by atoms with E-state index in [1.54, 1.807) is 6.07 Å². The van der Waals surface area contributed by atoms with E-state index in [0.717, 1.165) is 60.5 Å². The van der Waals surface area contributed by atoms with E-state index in [9.17, 15) is 18.0 Å². The van der Waals surface area contributed by atoms with Gasteiger partial charge in [0.15, 0.2) is 17.4 Å². The van der Waals surface area contributed by atoms with Crippen LogP contribution in [0, 0.1) is 0 Å². The maximum atomic E-state index is 13.0. The Hall–Kier alpha value is -3.68. The molecule has 5 nitrogen and oxygen atoms in total. The van der Waals surface area contributed by atoms with E-state index in [1.807, 2.05) is 42.1 Å². The number of aryl methyl sites for hydroxylation is 1. The van der Waals surface area contributed by atoms with Crippen LogP contribution in [0.25, 0.3) is 22.4 Å². The van der Waals surface area contributed by atoms with Crippen molar-refractivity contribution in [3.05, 3.63) is 77.5 Å². The molecule has 0 N–H and O–H groups in total. The Bertz CT molecular complexity index is 1390. The average Bonchev–Trinajstić information content (AvgIpc) is 3.24. The second-order valence-corrected chi connectivity index (χ2v) is 8.96. The van der Waals surface area contributed by atoms with Gasteiger partial charge >= 0.3 is 6.18 Å². The molecule has 2 aromatic heterocycles. The SMILES string of the molecule is Cn1ccc2nc(-c3cccc(CC(=O)c4cccc(C(F)(F)F)c4)c3)nc(N3CCCCC3)c21. The second-order valence-electron chi connectivity index (χ2n) is 8.96. The highest BCUT2D eigenvalue weighted by atomic mass is 19.4. The number of anilines is 1. The Morgan fingerprint density at radius 2 is 1.74 bits per heavy atom. The fourth-order valence-electron chi connectivity index (χ4n) is 4.60. The summed E-state index contributed by atoms with van der Waals surface area (Å²) in [7, 11) is 1.98. The third-order valence-corrected chi connectivity index (χ3v) is 6.42. The molecule has 4 aromatic rings. The van der Waals surface area contributed by atoms with Crippen molar-refractivity contribution in [1.29, 1.82) is 0 Å². The molecule has 3 heterocycles. The van der Waals surface area contributed by atoms with Gasteiger partial charge in [-0.05, 0) is 49.1 Å². The zero-order chi connectivity index (χ0) is 24.6. The summed E-state index contributed by atoms with van der Waals surface area (Å²) in [6.45, 7) is 1.89. The van der Waals surface area contributed by atoms with Crippen LogP contribution >= 0.6 is 0 Å². The van der Waals surface area contributed by atoms with Crippen LogP contribution in [0.1, 0.15) is 40.7 Å². The van der Waals surface area contributed by atoms with Crippen LogP contribution in [0.2, 0.25) is 0 Å². The lowest BCUT2D eigenvalue weighted by Gasteiger charge is -2.28. The van der Waals surface area contributed by atoms with Crippen molar-refractivity contribution in [2.75, 3.05) is 18.0 Å². The number of aromatic nitrogens is 3. The van der Waals surface area contributed by atoms with Gasteiger partial charge in [-0.15, -0.1) is 0 Å². The number of carbonyl (C=O) groups excluding carboxylic acids is 1. The van der Waals surface area contributed by atoms with E-state index in [0.29, 0.717) is 11.4 Å². The molecule has 0 unspecified atom stereocenters. The minimum absolute atomic E-state index is 0.0122. The molecular formula is C27H25F3N4O. The maximum Gasteiger partial charge on any atom is 0.416 e. The molecule has 5 rings (SSSR count). The smallest absolute Gasteiger partial charge is 0.355 e. The van der Waals surface area contributed by atoms with Gasteiger partial charge in [0.1, 0.15) is 5.52 Å². The maximum absolute atomic E-state index is 13.0. The number of ketones is 1. The van der Waals surface area contributed by atoms with Crippen LogP contribution in [0.3, 0.4) is 0 Å². The van der Waals surface area contributed by atoms with Crippen molar-refractivity contribution < 1.29 is 18.0 Å². The minimum atomic E-state index is -4.49. The number of Topliss-reactive ketones (excluding diaryl/α,β-unsaturated/α-hetero) is 1. The normalized spacial score (nSPS) is 14.5. The van der Waals surface area contributed by atoms with E-state index < -0.39 is 11.7 Å². The Balaban J connectivity index is 1.46. The Morgan fingerprint density at radius 1 is 0.971 bits per heavy atom. The fourth-order valence-corrected chi connectivity index (χ4v) is 4.60. The fraction of sp³-hybridized carbons (Fsp3) is 0.296. The van der Waals surface area contributed by atoms with Crippen molar-refractivity contribution in [3.8, 4) is 11.4 Å². The number of nitrogens with zero attached hydrogens (tertiary/aromatic N) is 4. The summed E-state index contributed by atoms with van der Waals surface area (Å²) in [6.07, 6.45) is 0.932. The zero-order valence-electron chi connectivity index (χ0n) is 19.3. The van der Waals surface area contributed by atoms with Gasteiger partial charge in [0.25, 0.3) is 0 Å². The summed E-state index contributed by atoms with van der Waals surface area (Å²) in [4.78, 5) is 24.8. The lowest BCUT2D eigenvalue weighted by Crippen LogP contribution is -2.30. The molecule has 0 spiro atoms. The lowest BCUT2D eigenvalue weighted by atomic mass is 9.99. The Kier molecular flexibility index (Phi) is 6.05. The van der Waals surface area contributed by atoms with Crippen LogP contribution in [0.4, 0.5) is 19.0 Å². The van der Waals surface area contributed by atoms with Gasteiger partial charge in [0.05, 0.1) is 11.1 Å². The number of fused-ring (bicyclic) bond motifs is 1. The van der Waals surface area contributed by atoms with Crippen LogP contribution < -0.4 is 4.90 Å². The van der Waals surface area contributed by atoms with Crippen LogP contribution in [0.15, 0.2) is 60.8 Å². The van der Waals surface area contributed by atoms with E-state index in [4.69, 9.17) is 9.97 Å². The van der Waals surface area contributed by atoms with E-state index in [2.05, 4.69) is 4.90 Å². The van der Waals surface area contributed by atoms with Gasteiger partial charge in [-0.25, -0.2) is 9.97 Å². The molecule has 0 bridgehead atoms. The first-order chi connectivity index (χ1) is 16.8. The van der Waals surface area contributed by atoms with Crippen LogP contribution in [-0.4, -0.2) is 33.4 Å². The molecule has 1 saturated heterocycles. The third-order valence-electron chi connectivity index (χ3n) is 6.42. The van der Waals surface area contributed by atoms with Gasteiger partial charge in [-0.2, -0.15) is 13.2 Å². The summed E-state index contributed by atoms with van der Waals surface area (Å²) >= 11 is 0. The van der Waals surface area contributed by atoms with E-state index >= 15 is 0 Å². The zero-order valence-corrected chi connectivity index (χ0v) is 19.3. The summed E-state index contributed by atoms with van der Waals surface area (Å²) < 4.78 is 41.2. The number of halogens is 3. The number of alkyl halides is 3. The molecule has 35 heavy (non-hydrogen) atoms. The number of rotatable bonds is 5. The summed E-state index contributed by atoms with van der Waals surface area (Å²) in [5.41, 5.74) is 2.52. The quantitative estimate of drug-likeness (QED) is 0.327. The van der Waals surface area contributed by atoms with Gasteiger partial charge < -0.3 is 9.47 Å². The predicted molar refractivity (Wildman–Crippen MR) is 129 cm³/mol. The van der Waals surface area contributed by atoms with Crippen molar-refractivity contribution in [3.63, 3.8) is 0 Å². The first-order valence-electron chi connectivity index (χ1n) is 11.7. The predicted octanol–water partition coefficient (Wildman–Crippen LogP) is 6.07. The van der Waals surface area contributed by atoms with E-state index in [-0.39, 0.29) is 17.8 Å². The standard InChI is InChI=1S/C27H25F3N4O/c1-33-14-11-22-24(33)26(34-12-3-2-4-13-34)32-25(31-22)20-9-5-7-18(15-20)16-23(35)19-8-6-10-21(17-19)27(28,29)30/h5-11,14-15,17H,2-4,12-13,16H2,1H3. The highest BCUT2D eigenvalue weighted by Gasteiger charge is 2.31. The Morgan fingerprint density at radius 3 is 2.51 bits per heavy atom. The van der Waals surface area contributed by atoms with Crippen molar-refractivity contribution in [2.45, 2.75) is 31.9 Å². The van der Waals surface area contributed by atoms with Gasteiger partial charge in [0.2, 0.25) is 0 Å². The molecule has 0 amide bonds. The lowest BCUT2D eigenvalue weighted by molar-refractivity contribution is -0.137. The second kappa shape index (κ2) is 9.17. The first-order valence-corrected chi connectivity index (χ1v) is 11.7.